The van der Waals surface area contributed by atoms with Crippen LogP contribution in [0, 0.1) is 5.82 Å². The molecule has 1 aliphatic carbocycles. The summed E-state index contributed by atoms with van der Waals surface area (Å²) >= 11 is 0. The SMILES string of the molecule is CN(C)C1=NC2=C(c3ccccc3F)C(=O)c3ccccc3C2=N1. The quantitative estimate of drug-likeness (QED) is 0.810. The van der Waals surface area contributed by atoms with E-state index >= 15 is 0 Å². The first-order valence-electron chi connectivity index (χ1n) is 7.56. The Morgan fingerprint density at radius 2 is 1.50 bits per heavy atom. The molecule has 0 N–H and O–H groups in total. The third kappa shape index (κ3) is 2.01. The van der Waals surface area contributed by atoms with E-state index in [0.717, 1.165) is 5.56 Å². The van der Waals surface area contributed by atoms with E-state index < -0.39 is 5.82 Å². The van der Waals surface area contributed by atoms with Gasteiger partial charge in [0.25, 0.3) is 0 Å². The van der Waals surface area contributed by atoms with Crippen LogP contribution < -0.4 is 0 Å². The number of rotatable bonds is 1. The molecule has 2 aliphatic rings. The lowest BCUT2D eigenvalue weighted by Crippen LogP contribution is -2.20. The van der Waals surface area contributed by atoms with Gasteiger partial charge in [0.05, 0.1) is 5.57 Å². The van der Waals surface area contributed by atoms with Gasteiger partial charge >= 0.3 is 0 Å². The molecule has 4 nitrogen and oxygen atoms in total. The van der Waals surface area contributed by atoms with Crippen LogP contribution in [0.25, 0.3) is 5.57 Å². The molecule has 0 atom stereocenters. The molecule has 0 aromatic heterocycles. The smallest absolute Gasteiger partial charge is 0.226 e. The summed E-state index contributed by atoms with van der Waals surface area (Å²) in [5.41, 5.74) is 2.83. The van der Waals surface area contributed by atoms with Crippen LogP contribution in [0.4, 0.5) is 4.39 Å². The number of fused-ring (bicyclic) bond motifs is 3. The summed E-state index contributed by atoms with van der Waals surface area (Å²) in [4.78, 5) is 23.8. The number of aliphatic imine (C=N–C) groups is 2. The Labute approximate surface area is 138 Å². The molecule has 0 fully saturated rings. The number of allylic oxidation sites excluding steroid dienone is 2. The average molecular weight is 319 g/mol. The van der Waals surface area contributed by atoms with Crippen LogP contribution in [-0.2, 0) is 0 Å². The minimum atomic E-state index is -0.444. The molecule has 2 aromatic rings. The number of guanidine groups is 1. The Bertz CT molecular complexity index is 970. The number of hydrogen-bond acceptors (Lipinski definition) is 4. The molecule has 0 amide bonds. The van der Waals surface area contributed by atoms with E-state index in [1.54, 1.807) is 35.2 Å². The molecule has 4 rings (SSSR count). The van der Waals surface area contributed by atoms with E-state index in [1.165, 1.54) is 6.07 Å². The van der Waals surface area contributed by atoms with Gasteiger partial charge in [0.2, 0.25) is 5.96 Å². The van der Waals surface area contributed by atoms with Crippen LogP contribution in [0.5, 0.6) is 0 Å². The molecule has 1 heterocycles. The van der Waals surface area contributed by atoms with Gasteiger partial charge in [0.15, 0.2) is 5.78 Å². The number of carbonyl (C=O) groups excluding carboxylic acids is 1. The van der Waals surface area contributed by atoms with Gasteiger partial charge in [0.1, 0.15) is 17.2 Å². The molecule has 1 aliphatic heterocycles. The lowest BCUT2D eigenvalue weighted by molar-refractivity contribution is 0.105. The van der Waals surface area contributed by atoms with Gasteiger partial charge in [-0.25, -0.2) is 14.4 Å². The highest BCUT2D eigenvalue weighted by molar-refractivity contribution is 6.43. The number of nitrogens with zero attached hydrogens (tertiary/aromatic N) is 3. The summed E-state index contributed by atoms with van der Waals surface area (Å²) in [5.74, 6) is -0.174. The lowest BCUT2D eigenvalue weighted by atomic mass is 9.84. The van der Waals surface area contributed by atoms with Gasteiger partial charge < -0.3 is 4.90 Å². The number of Topliss-reactive ketones (excluding diaryl/α,β-unsaturated/α-hetero) is 1. The predicted molar refractivity (Wildman–Crippen MR) is 91.8 cm³/mol. The van der Waals surface area contributed by atoms with Gasteiger partial charge in [-0.15, -0.1) is 0 Å². The number of benzene rings is 2. The minimum Gasteiger partial charge on any atom is -0.347 e. The van der Waals surface area contributed by atoms with Crippen molar-refractivity contribution >= 4 is 23.0 Å². The fourth-order valence-electron chi connectivity index (χ4n) is 2.94. The van der Waals surface area contributed by atoms with E-state index in [9.17, 15) is 9.18 Å². The van der Waals surface area contributed by atoms with E-state index in [2.05, 4.69) is 9.98 Å². The topological polar surface area (TPSA) is 45.0 Å². The molecule has 0 radical (unpaired) electrons. The van der Waals surface area contributed by atoms with E-state index in [0.29, 0.717) is 22.9 Å². The largest absolute Gasteiger partial charge is 0.347 e. The van der Waals surface area contributed by atoms with E-state index in [1.807, 2.05) is 26.2 Å². The maximum atomic E-state index is 14.4. The fourth-order valence-corrected chi connectivity index (χ4v) is 2.94. The molecule has 0 saturated carbocycles. The van der Waals surface area contributed by atoms with Gasteiger partial charge in [-0.3, -0.25) is 4.79 Å². The number of halogens is 1. The normalized spacial score (nSPS) is 15.7. The van der Waals surface area contributed by atoms with Crippen LogP contribution in [0.3, 0.4) is 0 Å². The second-order valence-corrected chi connectivity index (χ2v) is 5.84. The molecule has 24 heavy (non-hydrogen) atoms. The fraction of sp³-hybridized carbons (Fsp3) is 0.105. The molecule has 5 heteroatoms. The zero-order valence-corrected chi connectivity index (χ0v) is 13.2. The van der Waals surface area contributed by atoms with Crippen molar-refractivity contribution < 1.29 is 9.18 Å². The Hall–Kier alpha value is -3.08. The van der Waals surface area contributed by atoms with E-state index in [4.69, 9.17) is 0 Å². The highest BCUT2D eigenvalue weighted by Crippen LogP contribution is 2.36. The molecule has 0 unspecified atom stereocenters. The van der Waals surface area contributed by atoms with E-state index in [-0.39, 0.29) is 16.9 Å². The van der Waals surface area contributed by atoms with Crippen LogP contribution in [0.2, 0.25) is 0 Å². The maximum absolute atomic E-state index is 14.4. The van der Waals surface area contributed by atoms with Crippen molar-refractivity contribution in [2.75, 3.05) is 14.1 Å². The van der Waals surface area contributed by atoms with Crippen molar-refractivity contribution in [1.82, 2.24) is 4.90 Å². The Morgan fingerprint density at radius 1 is 0.875 bits per heavy atom. The number of carbonyl (C=O) groups is 1. The highest BCUT2D eigenvalue weighted by Gasteiger charge is 2.35. The average Bonchev–Trinajstić information content (AvgIpc) is 3.02. The lowest BCUT2D eigenvalue weighted by Gasteiger charge is -2.19. The first-order chi connectivity index (χ1) is 11.6. The maximum Gasteiger partial charge on any atom is 0.226 e. The molecule has 0 spiro atoms. The van der Waals surface area contributed by atoms with Crippen molar-refractivity contribution in [3.63, 3.8) is 0 Å². The summed E-state index contributed by atoms with van der Waals surface area (Å²) in [6.07, 6.45) is 0. The van der Waals surface area contributed by atoms with Crippen LogP contribution in [0.15, 0.2) is 64.2 Å². The zero-order valence-electron chi connectivity index (χ0n) is 13.2. The van der Waals surface area contributed by atoms with Crippen LogP contribution >= 0.6 is 0 Å². The summed E-state index contributed by atoms with van der Waals surface area (Å²) < 4.78 is 14.4. The highest BCUT2D eigenvalue weighted by atomic mass is 19.1. The summed E-state index contributed by atoms with van der Waals surface area (Å²) in [6.45, 7) is 0. The minimum absolute atomic E-state index is 0.228. The Balaban J connectivity index is 2.05. The first-order valence-corrected chi connectivity index (χ1v) is 7.56. The Kier molecular flexibility index (Phi) is 3.16. The van der Waals surface area contributed by atoms with Crippen molar-refractivity contribution in [1.29, 1.82) is 0 Å². The van der Waals surface area contributed by atoms with Gasteiger partial charge in [-0.05, 0) is 6.07 Å². The predicted octanol–water partition coefficient (Wildman–Crippen LogP) is 3.15. The molecule has 118 valence electrons. The molecule has 0 bridgehead atoms. The molecular formula is C19H14FN3O. The van der Waals surface area contributed by atoms with Gasteiger partial charge in [-0.1, -0.05) is 42.5 Å². The van der Waals surface area contributed by atoms with Crippen LogP contribution in [0.1, 0.15) is 21.5 Å². The summed E-state index contributed by atoms with van der Waals surface area (Å²) in [7, 11) is 3.66. The third-order valence-electron chi connectivity index (χ3n) is 4.08. The monoisotopic (exact) mass is 319 g/mol. The van der Waals surface area contributed by atoms with Crippen molar-refractivity contribution in [2.45, 2.75) is 0 Å². The second-order valence-electron chi connectivity index (χ2n) is 5.84. The Morgan fingerprint density at radius 3 is 2.17 bits per heavy atom. The standard InChI is InChI=1S/C19H14FN3O/c1-23(2)19-21-16-11-7-3-4-8-12(11)18(24)15(17(16)22-19)13-9-5-6-10-14(13)20/h3-10H,1-2H3. The van der Waals surface area contributed by atoms with Gasteiger partial charge in [-0.2, -0.15) is 0 Å². The summed E-state index contributed by atoms with van der Waals surface area (Å²) in [5, 5.41) is 0. The molecular weight excluding hydrogens is 305 g/mol. The first kappa shape index (κ1) is 14.5. The van der Waals surface area contributed by atoms with Crippen molar-refractivity contribution in [3.8, 4) is 0 Å². The van der Waals surface area contributed by atoms with Crippen molar-refractivity contribution in [2.24, 2.45) is 9.98 Å². The molecule has 0 saturated heterocycles. The third-order valence-corrected chi connectivity index (χ3v) is 4.08. The zero-order chi connectivity index (χ0) is 16.8. The second kappa shape index (κ2) is 5.23. The van der Waals surface area contributed by atoms with Crippen molar-refractivity contribution in [3.05, 3.63) is 76.7 Å². The molecule has 2 aromatic carbocycles. The van der Waals surface area contributed by atoms with Gasteiger partial charge in [0, 0.05) is 30.8 Å². The summed E-state index contributed by atoms with van der Waals surface area (Å²) in [6, 6.07) is 13.5. The number of hydrogen-bond donors (Lipinski definition) is 0. The van der Waals surface area contributed by atoms with Crippen LogP contribution in [-0.4, -0.2) is 36.4 Å². The number of ketones is 1.